The number of rotatable bonds is 11. The first-order valence-corrected chi connectivity index (χ1v) is 10.9. The number of fused-ring (bicyclic) bond motifs is 1. The zero-order valence-corrected chi connectivity index (χ0v) is 18.6. The lowest BCUT2D eigenvalue weighted by Gasteiger charge is -2.20. The summed E-state index contributed by atoms with van der Waals surface area (Å²) in [6.07, 6.45) is -0.370. The number of carbonyl (C=O) groups excluding carboxylic acids is 4. The molecular weight excluding hydrogens is 454 g/mol. The number of aliphatic carboxylic acids is 2. The Balaban J connectivity index is 2.21. The van der Waals surface area contributed by atoms with Crippen molar-refractivity contribution >= 4 is 46.3 Å². The van der Waals surface area contributed by atoms with E-state index in [0.29, 0.717) is 16.3 Å². The van der Waals surface area contributed by atoms with Gasteiger partial charge in [0.1, 0.15) is 23.6 Å². The Hall–Kier alpha value is -3.51. The highest BCUT2D eigenvalue weighted by atomic mass is 32.2. The smallest absolute Gasteiger partial charge is 0.243 e. The number of thioether (sulfide) groups is 1. The van der Waals surface area contributed by atoms with Crippen LogP contribution >= 0.6 is 11.8 Å². The van der Waals surface area contributed by atoms with Crippen LogP contribution in [0.25, 0.3) is 10.8 Å². The average Bonchev–Trinajstić information content (AvgIpc) is 2.78. The minimum Gasteiger partial charge on any atom is -0.548 e. The molecule has 0 bridgehead atoms. The van der Waals surface area contributed by atoms with Crippen LogP contribution in [0.4, 0.5) is 0 Å². The molecule has 0 fully saturated rings. The van der Waals surface area contributed by atoms with E-state index in [2.05, 4.69) is 16.4 Å². The highest BCUT2D eigenvalue weighted by Gasteiger charge is 2.24. The molecule has 0 unspecified atom stereocenters. The Morgan fingerprint density at radius 1 is 1.09 bits per heavy atom. The fraction of sp³-hybridized carbons (Fsp3) is 0.333. The number of carbonyl (C=O) groups is 4. The standard InChI is InChI=1S/C21H25N3O8S/c1-10-17(28)11-4-2-3-5-12(11)18(29)19(10)33-9-14(20(30)23-8-16(26)27)24-15(25)7-6-13(22)21(31)32/h2-5,13-14,28-29H,6-9,22H2,1H3,(H,23,30)(H,24,25)(H,26,27)(H,31,32)/p-1/t13-,14-/m0/s1. The molecule has 0 saturated carbocycles. The summed E-state index contributed by atoms with van der Waals surface area (Å²) in [5.74, 6) is -4.68. The molecule has 2 amide bonds. The van der Waals surface area contributed by atoms with Crippen molar-refractivity contribution in [2.45, 2.75) is 36.7 Å². The van der Waals surface area contributed by atoms with Gasteiger partial charge in [0, 0.05) is 34.9 Å². The number of nitrogens with one attached hydrogen (secondary N) is 2. The number of phenols is 2. The fourth-order valence-electron chi connectivity index (χ4n) is 3.00. The number of hydrogen-bond donors (Lipinski definition) is 5. The normalized spacial score (nSPS) is 12.7. The number of amides is 2. The van der Waals surface area contributed by atoms with Crippen molar-refractivity contribution in [3.63, 3.8) is 0 Å². The third kappa shape index (κ3) is 6.73. The molecule has 0 aromatic heterocycles. The van der Waals surface area contributed by atoms with Gasteiger partial charge in [0.2, 0.25) is 11.8 Å². The summed E-state index contributed by atoms with van der Waals surface area (Å²) in [5, 5.41) is 48.0. The van der Waals surface area contributed by atoms with Gasteiger partial charge in [0.25, 0.3) is 0 Å². The van der Waals surface area contributed by atoms with Crippen molar-refractivity contribution in [2.24, 2.45) is 0 Å². The summed E-state index contributed by atoms with van der Waals surface area (Å²) >= 11 is 0.980. The molecule has 33 heavy (non-hydrogen) atoms. The van der Waals surface area contributed by atoms with E-state index in [0.717, 1.165) is 11.8 Å². The predicted octanol–water partition coefficient (Wildman–Crippen LogP) is -2.86. The molecule has 12 heteroatoms. The second-order valence-electron chi connectivity index (χ2n) is 7.27. The van der Waals surface area contributed by atoms with Crippen molar-refractivity contribution in [3.8, 4) is 11.5 Å². The summed E-state index contributed by atoms with van der Waals surface area (Å²) in [6, 6.07) is 4.31. The van der Waals surface area contributed by atoms with Crippen LogP contribution in [0.2, 0.25) is 0 Å². The van der Waals surface area contributed by atoms with Crippen molar-refractivity contribution in [3.05, 3.63) is 29.8 Å². The Labute approximate surface area is 193 Å². The van der Waals surface area contributed by atoms with E-state index in [1.807, 2.05) is 0 Å². The molecule has 0 heterocycles. The van der Waals surface area contributed by atoms with Crippen molar-refractivity contribution < 1.29 is 45.3 Å². The van der Waals surface area contributed by atoms with Crippen LogP contribution in [0.15, 0.2) is 29.2 Å². The van der Waals surface area contributed by atoms with E-state index >= 15 is 0 Å². The number of quaternary nitrogens is 1. The number of carboxylic acid groups (broad SMARTS) is 2. The summed E-state index contributed by atoms with van der Waals surface area (Å²) in [4.78, 5) is 46.4. The maximum atomic E-state index is 12.4. The van der Waals surface area contributed by atoms with Crippen LogP contribution in [0.1, 0.15) is 18.4 Å². The Bertz CT molecular complexity index is 1080. The molecule has 0 aliphatic carbocycles. The SMILES string of the molecule is Cc1c(SC[C@H](NC(=O)CC[C@H]([NH3+])C(=O)[O-])C(=O)NCC(=O)[O-])c(O)c2ccccc2c1O. The Kier molecular flexibility index (Phi) is 8.88. The second kappa shape index (κ2) is 11.4. The molecule has 2 aromatic rings. The highest BCUT2D eigenvalue weighted by molar-refractivity contribution is 7.99. The summed E-state index contributed by atoms with van der Waals surface area (Å²) < 4.78 is 0. The maximum absolute atomic E-state index is 12.4. The number of aromatic hydroxyl groups is 2. The van der Waals surface area contributed by atoms with E-state index in [-0.39, 0.29) is 35.0 Å². The van der Waals surface area contributed by atoms with Crippen molar-refractivity contribution in [2.75, 3.05) is 12.3 Å². The fourth-order valence-corrected chi connectivity index (χ4v) is 4.13. The lowest BCUT2D eigenvalue weighted by molar-refractivity contribution is -0.438. The monoisotopic (exact) mass is 478 g/mol. The largest absolute Gasteiger partial charge is 0.548 e. The van der Waals surface area contributed by atoms with Gasteiger partial charge in [-0.2, -0.15) is 0 Å². The van der Waals surface area contributed by atoms with Gasteiger partial charge in [-0.3, -0.25) is 9.59 Å². The minimum absolute atomic E-state index is 0.0448. The molecule has 0 aliphatic rings. The molecule has 178 valence electrons. The van der Waals surface area contributed by atoms with Gasteiger partial charge in [0.15, 0.2) is 0 Å². The van der Waals surface area contributed by atoms with Crippen LogP contribution in [-0.4, -0.2) is 58.3 Å². The van der Waals surface area contributed by atoms with Gasteiger partial charge in [-0.15, -0.1) is 11.8 Å². The van der Waals surface area contributed by atoms with Crippen LogP contribution in [0, 0.1) is 6.92 Å². The quantitative estimate of drug-likeness (QED) is 0.166. The number of carboxylic acids is 2. The minimum atomic E-state index is -1.53. The molecule has 0 spiro atoms. The van der Waals surface area contributed by atoms with E-state index in [1.54, 1.807) is 31.2 Å². The lowest BCUT2D eigenvalue weighted by Crippen LogP contribution is -2.68. The van der Waals surface area contributed by atoms with E-state index in [4.69, 9.17) is 0 Å². The van der Waals surface area contributed by atoms with Crippen molar-refractivity contribution in [1.82, 2.24) is 10.6 Å². The highest BCUT2D eigenvalue weighted by Crippen LogP contribution is 2.44. The Morgan fingerprint density at radius 3 is 2.27 bits per heavy atom. The number of benzene rings is 2. The van der Waals surface area contributed by atoms with Crippen LogP contribution in [-0.2, 0) is 19.2 Å². The number of hydrogen-bond acceptors (Lipinski definition) is 9. The van der Waals surface area contributed by atoms with Gasteiger partial charge in [-0.25, -0.2) is 0 Å². The first-order valence-electron chi connectivity index (χ1n) is 9.89. The number of phenolic OH excluding ortho intramolecular Hbond substituents is 2. The molecule has 0 saturated heterocycles. The van der Waals surface area contributed by atoms with Crippen LogP contribution in [0.5, 0.6) is 11.5 Å². The van der Waals surface area contributed by atoms with Crippen LogP contribution < -0.4 is 26.6 Å². The first kappa shape index (κ1) is 25.7. The molecule has 0 radical (unpaired) electrons. The molecule has 7 N–H and O–H groups in total. The molecule has 0 aliphatic heterocycles. The van der Waals surface area contributed by atoms with Gasteiger partial charge in [-0.05, 0) is 6.92 Å². The van der Waals surface area contributed by atoms with E-state index < -0.39 is 42.4 Å². The van der Waals surface area contributed by atoms with Gasteiger partial charge < -0.3 is 46.4 Å². The second-order valence-corrected chi connectivity index (χ2v) is 8.30. The third-order valence-corrected chi connectivity index (χ3v) is 6.14. The molecule has 2 atom stereocenters. The van der Waals surface area contributed by atoms with Gasteiger partial charge in [0.05, 0.1) is 23.4 Å². The molecule has 2 aromatic carbocycles. The summed E-state index contributed by atoms with van der Waals surface area (Å²) in [7, 11) is 0. The van der Waals surface area contributed by atoms with Crippen molar-refractivity contribution in [1.29, 1.82) is 0 Å². The zero-order chi connectivity index (χ0) is 24.7. The Morgan fingerprint density at radius 2 is 1.70 bits per heavy atom. The first-order chi connectivity index (χ1) is 15.5. The van der Waals surface area contributed by atoms with E-state index in [9.17, 15) is 39.6 Å². The molecule has 2 rings (SSSR count). The zero-order valence-electron chi connectivity index (χ0n) is 17.8. The van der Waals surface area contributed by atoms with E-state index in [1.165, 1.54) is 0 Å². The maximum Gasteiger partial charge on any atom is 0.243 e. The summed E-state index contributed by atoms with van der Waals surface area (Å²) in [6.45, 7) is 0.810. The molecular formula is C21H24N3O8S-. The van der Waals surface area contributed by atoms with Gasteiger partial charge in [-0.1, -0.05) is 24.3 Å². The topological polar surface area (TPSA) is 207 Å². The molecule has 11 nitrogen and oxygen atoms in total. The third-order valence-electron chi connectivity index (χ3n) is 4.85. The predicted molar refractivity (Wildman–Crippen MR) is 114 cm³/mol. The van der Waals surface area contributed by atoms with Gasteiger partial charge >= 0.3 is 0 Å². The lowest BCUT2D eigenvalue weighted by atomic mass is 10.0. The summed E-state index contributed by atoms with van der Waals surface area (Å²) in [5.41, 5.74) is 3.72. The van der Waals surface area contributed by atoms with Crippen LogP contribution in [0.3, 0.4) is 0 Å². The average molecular weight is 479 g/mol.